The molecule has 1 N–H and O–H groups in total. The number of rotatable bonds is 4. The summed E-state index contributed by atoms with van der Waals surface area (Å²) in [6.45, 7) is 4.65. The van der Waals surface area contributed by atoms with Gasteiger partial charge in [-0.3, -0.25) is 0 Å². The Morgan fingerprint density at radius 2 is 2.00 bits per heavy atom. The standard InChI is InChI=1S/C15H20O/c1-11(2)14(10-16)9-13-8-7-12-5-3-4-6-15(12)13/h3-6,8,11,14,16H,7,9-10H2,1-2H3/t14-/m1/s1. The van der Waals surface area contributed by atoms with E-state index in [-0.39, 0.29) is 6.61 Å². The van der Waals surface area contributed by atoms with Crippen LogP contribution in [0.1, 0.15) is 31.4 Å². The molecule has 1 heteroatoms. The Kier molecular flexibility index (Phi) is 3.45. The molecule has 1 aromatic carbocycles. The summed E-state index contributed by atoms with van der Waals surface area (Å²) in [4.78, 5) is 0. The Morgan fingerprint density at radius 3 is 2.69 bits per heavy atom. The Bertz CT molecular complexity index is 390. The first kappa shape index (κ1) is 11.4. The molecule has 0 radical (unpaired) electrons. The molecular formula is C15H20O. The Labute approximate surface area is 97.8 Å². The molecule has 1 aliphatic carbocycles. The molecule has 0 heterocycles. The van der Waals surface area contributed by atoms with Crippen molar-refractivity contribution in [1.29, 1.82) is 0 Å². The molecule has 0 spiro atoms. The van der Waals surface area contributed by atoms with E-state index >= 15 is 0 Å². The molecule has 0 aliphatic heterocycles. The van der Waals surface area contributed by atoms with E-state index in [0.29, 0.717) is 11.8 Å². The van der Waals surface area contributed by atoms with E-state index < -0.39 is 0 Å². The molecule has 86 valence electrons. The largest absolute Gasteiger partial charge is 0.396 e. The highest BCUT2D eigenvalue weighted by Gasteiger charge is 2.19. The maximum Gasteiger partial charge on any atom is 0.0464 e. The van der Waals surface area contributed by atoms with Crippen molar-refractivity contribution in [3.8, 4) is 0 Å². The third-order valence-corrected chi connectivity index (χ3v) is 3.59. The van der Waals surface area contributed by atoms with E-state index in [2.05, 4.69) is 44.2 Å². The average Bonchev–Trinajstić information content (AvgIpc) is 2.69. The summed E-state index contributed by atoms with van der Waals surface area (Å²) in [7, 11) is 0. The fraction of sp³-hybridized carbons (Fsp3) is 0.467. The quantitative estimate of drug-likeness (QED) is 0.819. The lowest BCUT2D eigenvalue weighted by molar-refractivity contribution is 0.193. The van der Waals surface area contributed by atoms with Crippen LogP contribution in [0.4, 0.5) is 0 Å². The average molecular weight is 216 g/mol. The molecule has 16 heavy (non-hydrogen) atoms. The van der Waals surface area contributed by atoms with Gasteiger partial charge in [0.05, 0.1) is 0 Å². The van der Waals surface area contributed by atoms with E-state index in [9.17, 15) is 5.11 Å². The van der Waals surface area contributed by atoms with Gasteiger partial charge in [-0.15, -0.1) is 0 Å². The van der Waals surface area contributed by atoms with Gasteiger partial charge in [0.15, 0.2) is 0 Å². The second-order valence-corrected chi connectivity index (χ2v) is 4.98. The van der Waals surface area contributed by atoms with Crippen LogP contribution in [-0.2, 0) is 6.42 Å². The molecule has 0 aromatic heterocycles. The van der Waals surface area contributed by atoms with Crippen LogP contribution in [-0.4, -0.2) is 11.7 Å². The molecule has 0 bridgehead atoms. The van der Waals surface area contributed by atoms with E-state index in [1.165, 1.54) is 16.7 Å². The van der Waals surface area contributed by atoms with Crippen LogP contribution in [0.15, 0.2) is 30.3 Å². The van der Waals surface area contributed by atoms with Crippen LogP contribution in [0.2, 0.25) is 0 Å². The number of aliphatic hydroxyl groups is 1. The number of fused-ring (bicyclic) bond motifs is 1. The van der Waals surface area contributed by atoms with Crippen LogP contribution in [0, 0.1) is 11.8 Å². The van der Waals surface area contributed by atoms with Crippen molar-refractivity contribution in [3.63, 3.8) is 0 Å². The Morgan fingerprint density at radius 1 is 1.25 bits per heavy atom. The lowest BCUT2D eigenvalue weighted by atomic mass is 9.88. The first-order valence-corrected chi connectivity index (χ1v) is 6.10. The lowest BCUT2D eigenvalue weighted by Gasteiger charge is -2.19. The number of hydrogen-bond acceptors (Lipinski definition) is 1. The molecule has 2 rings (SSSR count). The highest BCUT2D eigenvalue weighted by atomic mass is 16.3. The molecule has 1 aliphatic rings. The maximum absolute atomic E-state index is 9.38. The van der Waals surface area contributed by atoms with Gasteiger partial charge in [0.1, 0.15) is 0 Å². The molecule has 0 saturated carbocycles. The molecule has 0 amide bonds. The van der Waals surface area contributed by atoms with Crippen molar-refractivity contribution in [1.82, 2.24) is 0 Å². The van der Waals surface area contributed by atoms with E-state index in [0.717, 1.165) is 12.8 Å². The number of aliphatic hydroxyl groups excluding tert-OH is 1. The Hall–Kier alpha value is -1.08. The summed E-state index contributed by atoms with van der Waals surface area (Å²) in [6.07, 6.45) is 4.38. The van der Waals surface area contributed by atoms with Crippen molar-refractivity contribution in [2.24, 2.45) is 11.8 Å². The molecule has 1 atom stereocenters. The smallest absolute Gasteiger partial charge is 0.0464 e. The summed E-state index contributed by atoms with van der Waals surface area (Å²) in [5.74, 6) is 0.927. The second kappa shape index (κ2) is 4.84. The zero-order valence-corrected chi connectivity index (χ0v) is 10.1. The van der Waals surface area contributed by atoms with Gasteiger partial charge >= 0.3 is 0 Å². The topological polar surface area (TPSA) is 20.2 Å². The molecule has 1 aromatic rings. The number of benzene rings is 1. The summed E-state index contributed by atoms with van der Waals surface area (Å²) in [5, 5.41) is 9.38. The third-order valence-electron chi connectivity index (χ3n) is 3.59. The van der Waals surface area contributed by atoms with Gasteiger partial charge in [0.2, 0.25) is 0 Å². The first-order valence-electron chi connectivity index (χ1n) is 6.10. The van der Waals surface area contributed by atoms with Crippen LogP contribution < -0.4 is 0 Å². The van der Waals surface area contributed by atoms with Crippen LogP contribution in [0.5, 0.6) is 0 Å². The van der Waals surface area contributed by atoms with Crippen molar-refractivity contribution in [2.45, 2.75) is 26.7 Å². The van der Waals surface area contributed by atoms with Crippen molar-refractivity contribution < 1.29 is 5.11 Å². The minimum atomic E-state index is 0.289. The van der Waals surface area contributed by atoms with Gasteiger partial charge in [-0.25, -0.2) is 0 Å². The third kappa shape index (κ3) is 2.19. The van der Waals surface area contributed by atoms with Gasteiger partial charge in [-0.05, 0) is 41.4 Å². The fourth-order valence-corrected chi connectivity index (χ4v) is 2.34. The zero-order chi connectivity index (χ0) is 11.5. The monoisotopic (exact) mass is 216 g/mol. The van der Waals surface area contributed by atoms with Crippen LogP contribution in [0.3, 0.4) is 0 Å². The van der Waals surface area contributed by atoms with Gasteiger partial charge in [-0.1, -0.05) is 44.2 Å². The second-order valence-electron chi connectivity index (χ2n) is 4.98. The number of hydrogen-bond donors (Lipinski definition) is 1. The van der Waals surface area contributed by atoms with Crippen molar-refractivity contribution in [2.75, 3.05) is 6.61 Å². The highest BCUT2D eigenvalue weighted by molar-refractivity contribution is 5.73. The van der Waals surface area contributed by atoms with Gasteiger partial charge in [-0.2, -0.15) is 0 Å². The summed E-state index contributed by atoms with van der Waals surface area (Å²) >= 11 is 0. The van der Waals surface area contributed by atoms with Gasteiger partial charge in [0.25, 0.3) is 0 Å². The maximum atomic E-state index is 9.38. The van der Waals surface area contributed by atoms with E-state index in [4.69, 9.17) is 0 Å². The van der Waals surface area contributed by atoms with E-state index in [1.54, 1.807) is 0 Å². The fourth-order valence-electron chi connectivity index (χ4n) is 2.34. The van der Waals surface area contributed by atoms with Crippen LogP contribution >= 0.6 is 0 Å². The lowest BCUT2D eigenvalue weighted by Crippen LogP contribution is -2.13. The van der Waals surface area contributed by atoms with Crippen LogP contribution in [0.25, 0.3) is 5.57 Å². The zero-order valence-electron chi connectivity index (χ0n) is 10.1. The van der Waals surface area contributed by atoms with Crippen molar-refractivity contribution >= 4 is 5.57 Å². The number of allylic oxidation sites excluding steroid dienone is 2. The van der Waals surface area contributed by atoms with Crippen molar-refractivity contribution in [3.05, 3.63) is 41.5 Å². The summed E-state index contributed by atoms with van der Waals surface area (Å²) < 4.78 is 0. The van der Waals surface area contributed by atoms with Gasteiger partial charge < -0.3 is 5.11 Å². The minimum Gasteiger partial charge on any atom is -0.396 e. The minimum absolute atomic E-state index is 0.289. The summed E-state index contributed by atoms with van der Waals surface area (Å²) in [6, 6.07) is 8.59. The normalized spacial score (nSPS) is 16.1. The molecule has 0 fully saturated rings. The van der Waals surface area contributed by atoms with E-state index in [1.807, 2.05) is 0 Å². The molecule has 0 saturated heterocycles. The molecule has 0 unspecified atom stereocenters. The highest BCUT2D eigenvalue weighted by Crippen LogP contribution is 2.33. The SMILES string of the molecule is CC(C)[C@@H](CO)CC1=CCc2ccccc21. The molecule has 1 nitrogen and oxygen atoms in total. The summed E-state index contributed by atoms with van der Waals surface area (Å²) in [5.41, 5.74) is 4.24. The predicted octanol–water partition coefficient (Wildman–Crippen LogP) is 3.28. The predicted molar refractivity (Wildman–Crippen MR) is 68.2 cm³/mol. The van der Waals surface area contributed by atoms with Gasteiger partial charge in [0, 0.05) is 6.61 Å². The molecular weight excluding hydrogens is 196 g/mol. The Balaban J connectivity index is 2.13. The first-order chi connectivity index (χ1) is 7.72.